The third kappa shape index (κ3) is 3.44. The van der Waals surface area contributed by atoms with Crippen molar-refractivity contribution in [3.05, 3.63) is 0 Å². The topological polar surface area (TPSA) is 15.3 Å². The third-order valence-corrected chi connectivity index (χ3v) is 4.61. The molecule has 0 saturated carbocycles. The first-order valence-electron chi connectivity index (χ1n) is 6.00. The standard InChI is InChI=1S/C11H22N2S/c1-2-8-13(7-1)9-10-14-11-3-5-12-6-4-11/h11-12H,1-10H2. The Morgan fingerprint density at radius 2 is 1.86 bits per heavy atom. The molecule has 0 radical (unpaired) electrons. The summed E-state index contributed by atoms with van der Waals surface area (Å²) in [5, 5.41) is 4.37. The average Bonchev–Trinajstić information content (AvgIpc) is 2.72. The zero-order chi connectivity index (χ0) is 9.64. The van der Waals surface area contributed by atoms with Crippen LogP contribution in [0.15, 0.2) is 0 Å². The van der Waals surface area contributed by atoms with Crippen molar-refractivity contribution in [3.8, 4) is 0 Å². The highest BCUT2D eigenvalue weighted by molar-refractivity contribution is 7.99. The molecule has 2 rings (SSSR count). The minimum Gasteiger partial charge on any atom is -0.317 e. The molecule has 0 atom stereocenters. The van der Waals surface area contributed by atoms with Crippen LogP contribution in [-0.4, -0.2) is 48.6 Å². The van der Waals surface area contributed by atoms with Gasteiger partial charge in [0.2, 0.25) is 0 Å². The lowest BCUT2D eigenvalue weighted by Crippen LogP contribution is -2.30. The molecule has 2 heterocycles. The van der Waals surface area contributed by atoms with Gasteiger partial charge in [0.15, 0.2) is 0 Å². The lowest BCUT2D eigenvalue weighted by molar-refractivity contribution is 0.361. The van der Waals surface area contributed by atoms with Crippen LogP contribution in [0.25, 0.3) is 0 Å². The molecule has 0 unspecified atom stereocenters. The maximum Gasteiger partial charge on any atom is 0.00724 e. The first-order chi connectivity index (χ1) is 6.95. The van der Waals surface area contributed by atoms with E-state index in [-0.39, 0.29) is 0 Å². The van der Waals surface area contributed by atoms with Crippen LogP contribution in [0.4, 0.5) is 0 Å². The lowest BCUT2D eigenvalue weighted by atomic mass is 10.2. The fraction of sp³-hybridized carbons (Fsp3) is 1.00. The second kappa shape index (κ2) is 5.99. The highest BCUT2D eigenvalue weighted by Gasteiger charge is 2.15. The molecular formula is C11H22N2S. The van der Waals surface area contributed by atoms with Gasteiger partial charge in [0, 0.05) is 17.5 Å². The maximum absolute atomic E-state index is 3.42. The second-order valence-corrected chi connectivity index (χ2v) is 5.78. The van der Waals surface area contributed by atoms with Crippen molar-refractivity contribution in [2.24, 2.45) is 0 Å². The van der Waals surface area contributed by atoms with Crippen LogP contribution in [0.2, 0.25) is 0 Å². The van der Waals surface area contributed by atoms with Crippen LogP contribution >= 0.6 is 11.8 Å². The van der Waals surface area contributed by atoms with Crippen molar-refractivity contribution < 1.29 is 0 Å². The van der Waals surface area contributed by atoms with Gasteiger partial charge in [0.05, 0.1) is 0 Å². The number of likely N-dealkylation sites (tertiary alicyclic amines) is 1. The van der Waals surface area contributed by atoms with Crippen LogP contribution in [0, 0.1) is 0 Å². The molecule has 2 fully saturated rings. The molecule has 2 saturated heterocycles. The third-order valence-electron chi connectivity index (χ3n) is 3.25. The van der Waals surface area contributed by atoms with E-state index in [1.165, 1.54) is 64.2 Å². The molecule has 2 aliphatic rings. The molecule has 14 heavy (non-hydrogen) atoms. The number of nitrogens with zero attached hydrogens (tertiary/aromatic N) is 1. The molecule has 0 aliphatic carbocycles. The minimum atomic E-state index is 0.943. The Bertz CT molecular complexity index is 151. The number of piperidine rings is 1. The van der Waals surface area contributed by atoms with Gasteiger partial charge in [0.1, 0.15) is 0 Å². The Hall–Kier alpha value is 0.270. The van der Waals surface area contributed by atoms with Gasteiger partial charge in [-0.25, -0.2) is 0 Å². The van der Waals surface area contributed by atoms with E-state index in [2.05, 4.69) is 22.0 Å². The first kappa shape index (κ1) is 10.8. The van der Waals surface area contributed by atoms with Gasteiger partial charge >= 0.3 is 0 Å². The van der Waals surface area contributed by atoms with E-state index in [1.54, 1.807) is 0 Å². The van der Waals surface area contributed by atoms with Gasteiger partial charge in [-0.3, -0.25) is 0 Å². The van der Waals surface area contributed by atoms with E-state index >= 15 is 0 Å². The molecular weight excluding hydrogens is 192 g/mol. The van der Waals surface area contributed by atoms with E-state index in [9.17, 15) is 0 Å². The van der Waals surface area contributed by atoms with Gasteiger partial charge in [0.25, 0.3) is 0 Å². The van der Waals surface area contributed by atoms with Crippen LogP contribution in [0.3, 0.4) is 0 Å². The molecule has 0 aromatic carbocycles. The number of thioether (sulfide) groups is 1. The fourth-order valence-corrected chi connectivity index (χ4v) is 3.58. The first-order valence-corrected chi connectivity index (χ1v) is 7.05. The fourth-order valence-electron chi connectivity index (χ4n) is 2.32. The largest absolute Gasteiger partial charge is 0.317 e. The molecule has 3 heteroatoms. The monoisotopic (exact) mass is 214 g/mol. The molecule has 82 valence electrons. The van der Waals surface area contributed by atoms with Crippen LogP contribution in [-0.2, 0) is 0 Å². The Morgan fingerprint density at radius 3 is 2.57 bits per heavy atom. The summed E-state index contributed by atoms with van der Waals surface area (Å²) in [7, 11) is 0. The quantitative estimate of drug-likeness (QED) is 0.765. The van der Waals surface area contributed by atoms with E-state index in [4.69, 9.17) is 0 Å². The van der Waals surface area contributed by atoms with Crippen LogP contribution in [0.5, 0.6) is 0 Å². The van der Waals surface area contributed by atoms with Gasteiger partial charge in [-0.15, -0.1) is 0 Å². The molecule has 0 amide bonds. The Kier molecular flexibility index (Phi) is 4.61. The predicted molar refractivity (Wildman–Crippen MR) is 64.0 cm³/mol. The summed E-state index contributed by atoms with van der Waals surface area (Å²) in [6, 6.07) is 0. The maximum atomic E-state index is 3.42. The summed E-state index contributed by atoms with van der Waals surface area (Å²) in [6.07, 6.45) is 5.62. The molecule has 2 nitrogen and oxygen atoms in total. The van der Waals surface area contributed by atoms with Gasteiger partial charge in [-0.05, 0) is 51.9 Å². The Morgan fingerprint density at radius 1 is 1.14 bits per heavy atom. The highest BCUT2D eigenvalue weighted by atomic mass is 32.2. The van der Waals surface area contributed by atoms with E-state index < -0.39 is 0 Å². The molecule has 1 N–H and O–H groups in total. The Balaban J connectivity index is 1.52. The van der Waals surface area contributed by atoms with Gasteiger partial charge < -0.3 is 10.2 Å². The number of hydrogen-bond acceptors (Lipinski definition) is 3. The second-order valence-electron chi connectivity index (χ2n) is 4.37. The summed E-state index contributed by atoms with van der Waals surface area (Å²) in [5.74, 6) is 1.35. The summed E-state index contributed by atoms with van der Waals surface area (Å²) >= 11 is 2.20. The van der Waals surface area contributed by atoms with Gasteiger partial charge in [-0.2, -0.15) is 11.8 Å². The highest BCUT2D eigenvalue weighted by Crippen LogP contribution is 2.20. The van der Waals surface area contributed by atoms with Gasteiger partial charge in [-0.1, -0.05) is 0 Å². The zero-order valence-corrected chi connectivity index (χ0v) is 9.82. The van der Waals surface area contributed by atoms with Crippen molar-refractivity contribution in [2.45, 2.75) is 30.9 Å². The van der Waals surface area contributed by atoms with Crippen LogP contribution < -0.4 is 5.32 Å². The zero-order valence-electron chi connectivity index (χ0n) is 9.00. The minimum absolute atomic E-state index is 0.943. The number of rotatable bonds is 4. The van der Waals surface area contributed by atoms with Crippen molar-refractivity contribution in [3.63, 3.8) is 0 Å². The molecule has 2 aliphatic heterocycles. The predicted octanol–water partition coefficient (Wildman–Crippen LogP) is 1.57. The summed E-state index contributed by atoms with van der Waals surface area (Å²) in [4.78, 5) is 2.62. The number of nitrogens with one attached hydrogen (secondary N) is 1. The van der Waals surface area contributed by atoms with E-state index in [0.717, 1.165) is 5.25 Å². The van der Waals surface area contributed by atoms with E-state index in [1.807, 2.05) is 0 Å². The van der Waals surface area contributed by atoms with Crippen LogP contribution in [0.1, 0.15) is 25.7 Å². The van der Waals surface area contributed by atoms with Crippen molar-refractivity contribution in [2.75, 3.05) is 38.5 Å². The smallest absolute Gasteiger partial charge is 0.00724 e. The molecule has 0 aromatic heterocycles. The van der Waals surface area contributed by atoms with Crippen molar-refractivity contribution in [1.82, 2.24) is 10.2 Å². The normalized spacial score (nSPS) is 25.7. The summed E-state index contributed by atoms with van der Waals surface area (Å²) in [5.41, 5.74) is 0. The molecule has 0 aromatic rings. The average molecular weight is 214 g/mol. The number of hydrogen-bond donors (Lipinski definition) is 1. The summed E-state index contributed by atoms with van der Waals surface area (Å²) in [6.45, 7) is 6.51. The Labute approximate surface area is 91.8 Å². The summed E-state index contributed by atoms with van der Waals surface area (Å²) < 4.78 is 0. The SMILES string of the molecule is C1CCN(CCSC2CCNCC2)C1. The van der Waals surface area contributed by atoms with Crippen molar-refractivity contribution >= 4 is 11.8 Å². The molecule has 0 spiro atoms. The van der Waals surface area contributed by atoms with Crippen molar-refractivity contribution in [1.29, 1.82) is 0 Å². The molecule has 0 bridgehead atoms. The lowest BCUT2D eigenvalue weighted by Gasteiger charge is -2.23. The van der Waals surface area contributed by atoms with E-state index in [0.29, 0.717) is 0 Å².